The molecule has 0 unspecified atom stereocenters. The highest BCUT2D eigenvalue weighted by atomic mass is 35.5. The highest BCUT2D eigenvalue weighted by Crippen LogP contribution is 2.38. The predicted molar refractivity (Wildman–Crippen MR) is 190 cm³/mol. The molecule has 0 radical (unpaired) electrons. The molecular formula is C37H44Cl3N5O2. The minimum Gasteiger partial charge on any atom is -0.485 e. The second-order valence-corrected chi connectivity index (χ2v) is 15.0. The van der Waals surface area contributed by atoms with Crippen LogP contribution in [0.4, 0.5) is 5.82 Å². The summed E-state index contributed by atoms with van der Waals surface area (Å²) in [4.78, 5) is 23.6. The maximum Gasteiger partial charge on any atom is 0.228 e. The van der Waals surface area contributed by atoms with Gasteiger partial charge in [0, 0.05) is 49.4 Å². The molecule has 1 aromatic heterocycles. The molecule has 1 amide bonds. The van der Waals surface area contributed by atoms with Crippen molar-refractivity contribution in [1.29, 1.82) is 0 Å². The third-order valence-corrected chi connectivity index (χ3v) is 11.0. The topological polar surface area (TPSA) is 69.7 Å². The van der Waals surface area contributed by atoms with E-state index in [0.717, 1.165) is 79.3 Å². The van der Waals surface area contributed by atoms with Crippen molar-refractivity contribution in [2.45, 2.75) is 82.5 Å². The Morgan fingerprint density at radius 1 is 1.02 bits per heavy atom. The van der Waals surface area contributed by atoms with Crippen molar-refractivity contribution in [3.8, 4) is 5.75 Å². The number of ether oxygens (including phenoxy) is 1. The number of pyridine rings is 1. The molecule has 250 valence electrons. The van der Waals surface area contributed by atoms with E-state index in [4.69, 9.17) is 44.5 Å². The summed E-state index contributed by atoms with van der Waals surface area (Å²) in [5.41, 5.74) is 4.44. The Hall–Kier alpha value is -2.55. The fourth-order valence-corrected chi connectivity index (χ4v) is 7.96. The van der Waals surface area contributed by atoms with Gasteiger partial charge in [0.2, 0.25) is 5.91 Å². The van der Waals surface area contributed by atoms with Crippen molar-refractivity contribution in [2.75, 3.05) is 37.6 Å². The van der Waals surface area contributed by atoms with Gasteiger partial charge >= 0.3 is 0 Å². The van der Waals surface area contributed by atoms with Crippen LogP contribution in [0.25, 0.3) is 0 Å². The summed E-state index contributed by atoms with van der Waals surface area (Å²) in [7, 11) is 0. The normalized spacial score (nSPS) is 22.8. The zero-order chi connectivity index (χ0) is 32.5. The average molecular weight is 697 g/mol. The van der Waals surface area contributed by atoms with Crippen LogP contribution in [-0.4, -0.2) is 66.7 Å². The summed E-state index contributed by atoms with van der Waals surface area (Å²) in [6.45, 7) is 6.60. The Morgan fingerprint density at radius 2 is 1.83 bits per heavy atom. The number of nitrogens with zero attached hydrogens (tertiary/aromatic N) is 3. The van der Waals surface area contributed by atoms with Gasteiger partial charge in [-0.1, -0.05) is 53.0 Å². The van der Waals surface area contributed by atoms with Gasteiger partial charge in [-0.2, -0.15) is 0 Å². The average Bonchev–Trinajstić information content (AvgIpc) is 4.02. The molecule has 2 aliphatic carbocycles. The number of piperidine rings is 1. The maximum absolute atomic E-state index is 14.3. The van der Waals surface area contributed by atoms with Crippen LogP contribution in [-0.2, 0) is 17.8 Å². The Morgan fingerprint density at radius 3 is 2.55 bits per heavy atom. The molecule has 0 spiro atoms. The first-order valence-electron chi connectivity index (χ1n) is 17.2. The van der Waals surface area contributed by atoms with E-state index < -0.39 is 0 Å². The van der Waals surface area contributed by atoms with E-state index in [0.29, 0.717) is 41.5 Å². The van der Waals surface area contributed by atoms with Crippen molar-refractivity contribution in [2.24, 2.45) is 5.92 Å². The second kappa shape index (κ2) is 14.5. The summed E-state index contributed by atoms with van der Waals surface area (Å²) in [5, 5.41) is 8.91. The molecule has 2 aliphatic heterocycles. The molecule has 2 saturated heterocycles. The van der Waals surface area contributed by atoms with Crippen LogP contribution < -0.4 is 20.3 Å². The molecule has 3 heterocycles. The zero-order valence-corrected chi connectivity index (χ0v) is 29.3. The molecular weight excluding hydrogens is 653 g/mol. The van der Waals surface area contributed by atoms with E-state index in [-0.39, 0.29) is 29.9 Å². The largest absolute Gasteiger partial charge is 0.485 e. The minimum absolute atomic E-state index is 0.0254. The van der Waals surface area contributed by atoms with Crippen LogP contribution >= 0.6 is 34.8 Å². The summed E-state index contributed by atoms with van der Waals surface area (Å²) in [6, 6.07) is 15.3. The number of aryl methyl sites for hydroxylation is 1. The molecule has 2 saturated carbocycles. The van der Waals surface area contributed by atoms with Gasteiger partial charge in [-0.25, -0.2) is 4.98 Å². The van der Waals surface area contributed by atoms with Gasteiger partial charge in [-0.15, -0.1) is 0 Å². The molecule has 4 aliphatic rings. The van der Waals surface area contributed by atoms with Crippen LogP contribution in [0.2, 0.25) is 15.1 Å². The molecule has 3 aromatic rings. The van der Waals surface area contributed by atoms with Crippen molar-refractivity contribution >= 4 is 46.5 Å². The first-order chi connectivity index (χ1) is 22.8. The Balaban J connectivity index is 1.01. The van der Waals surface area contributed by atoms with Gasteiger partial charge in [0.05, 0.1) is 22.5 Å². The zero-order valence-electron chi connectivity index (χ0n) is 27.0. The van der Waals surface area contributed by atoms with E-state index in [1.165, 1.54) is 18.4 Å². The molecule has 10 heteroatoms. The number of amides is 1. The third kappa shape index (κ3) is 8.02. The third-order valence-electron chi connectivity index (χ3n) is 10.0. The van der Waals surface area contributed by atoms with Crippen LogP contribution in [0.15, 0.2) is 48.7 Å². The monoisotopic (exact) mass is 695 g/mol. The maximum atomic E-state index is 14.3. The Labute approximate surface area is 293 Å². The quantitative estimate of drug-likeness (QED) is 0.209. The van der Waals surface area contributed by atoms with Crippen LogP contribution in [0.5, 0.6) is 5.75 Å². The van der Waals surface area contributed by atoms with Crippen molar-refractivity contribution in [3.63, 3.8) is 0 Å². The second-order valence-electron chi connectivity index (χ2n) is 13.8. The van der Waals surface area contributed by atoms with Crippen molar-refractivity contribution in [3.05, 3.63) is 86.0 Å². The number of aromatic nitrogens is 1. The number of halogens is 3. The number of hydrogen-bond donors (Lipinski definition) is 2. The fourth-order valence-electron chi connectivity index (χ4n) is 7.10. The summed E-state index contributed by atoms with van der Waals surface area (Å²) < 4.78 is 6.24. The van der Waals surface area contributed by atoms with Gasteiger partial charge in [-0.3, -0.25) is 4.79 Å². The molecule has 7 nitrogen and oxygen atoms in total. The predicted octanol–water partition coefficient (Wildman–Crippen LogP) is 7.19. The SMILES string of the molecule is Cc1cc(Cl)c(O[C@@H]2CCN(c3ccc([C@@H]4CCNC[C@@H]4C(=O)N(Cc4cc(CCNC5CC5)ccc4Cl)C4CC4)cn3)C2)c(Cl)c1. The van der Waals surface area contributed by atoms with Crippen LogP contribution in [0.3, 0.4) is 0 Å². The van der Waals surface area contributed by atoms with E-state index in [1.54, 1.807) is 0 Å². The number of anilines is 1. The van der Waals surface area contributed by atoms with Gasteiger partial charge in [0.1, 0.15) is 11.9 Å². The van der Waals surface area contributed by atoms with Crippen LogP contribution in [0.1, 0.15) is 66.7 Å². The number of hydrogen-bond acceptors (Lipinski definition) is 6. The summed E-state index contributed by atoms with van der Waals surface area (Å²) >= 11 is 19.6. The molecule has 0 bridgehead atoms. The molecule has 47 heavy (non-hydrogen) atoms. The Kier molecular flexibility index (Phi) is 10.2. The first kappa shape index (κ1) is 33.0. The smallest absolute Gasteiger partial charge is 0.228 e. The summed E-state index contributed by atoms with van der Waals surface area (Å²) in [5.74, 6) is 1.66. The van der Waals surface area contributed by atoms with Gasteiger partial charge in [-0.05, 0) is 111 Å². The standard InChI is InChI=1S/C37H44Cl3N5O2/c1-23-16-33(39)36(34(40)17-23)47-29-12-15-44(22-29)35-9-3-25(19-43-35)30-11-13-41-20-31(30)37(46)45(28-6-7-28)21-26-18-24(2-8-32(26)38)10-14-42-27-4-5-27/h2-3,8-9,16-19,27-31,41-42H,4-7,10-15,20-22H2,1H3/t29-,30+,31+/m1/s1. The highest BCUT2D eigenvalue weighted by Gasteiger charge is 2.40. The molecule has 2 aromatic carbocycles. The minimum atomic E-state index is -0.143. The van der Waals surface area contributed by atoms with Crippen molar-refractivity contribution < 1.29 is 9.53 Å². The van der Waals surface area contributed by atoms with E-state index in [1.807, 2.05) is 31.3 Å². The molecule has 3 atom stereocenters. The van der Waals surface area contributed by atoms with Crippen molar-refractivity contribution in [1.82, 2.24) is 20.5 Å². The first-order valence-corrected chi connectivity index (χ1v) is 18.3. The lowest BCUT2D eigenvalue weighted by atomic mass is 9.80. The number of rotatable bonds is 12. The fraction of sp³-hybridized carbons (Fsp3) is 0.514. The number of benzene rings is 2. The molecule has 7 rings (SSSR count). The number of nitrogens with one attached hydrogen (secondary N) is 2. The number of carbonyl (C=O) groups is 1. The van der Waals surface area contributed by atoms with Crippen LogP contribution in [0, 0.1) is 12.8 Å². The lowest BCUT2D eigenvalue weighted by Gasteiger charge is -2.36. The lowest BCUT2D eigenvalue weighted by molar-refractivity contribution is -0.138. The lowest BCUT2D eigenvalue weighted by Crippen LogP contribution is -2.47. The van der Waals surface area contributed by atoms with E-state index >= 15 is 0 Å². The van der Waals surface area contributed by atoms with Gasteiger partial charge in [0.25, 0.3) is 0 Å². The van der Waals surface area contributed by atoms with E-state index in [9.17, 15) is 4.79 Å². The molecule has 2 N–H and O–H groups in total. The summed E-state index contributed by atoms with van der Waals surface area (Å²) in [6.07, 6.45) is 9.36. The Bertz CT molecular complexity index is 1560. The van der Waals surface area contributed by atoms with Gasteiger partial charge < -0.3 is 25.2 Å². The van der Waals surface area contributed by atoms with E-state index in [2.05, 4.69) is 44.7 Å². The number of carbonyl (C=O) groups excluding carboxylic acids is 1. The van der Waals surface area contributed by atoms with Gasteiger partial charge in [0.15, 0.2) is 5.75 Å². The highest BCUT2D eigenvalue weighted by molar-refractivity contribution is 6.37. The molecule has 4 fully saturated rings.